The summed E-state index contributed by atoms with van der Waals surface area (Å²) in [6, 6.07) is 0. The summed E-state index contributed by atoms with van der Waals surface area (Å²) >= 11 is 0. The van der Waals surface area contributed by atoms with E-state index in [1.165, 1.54) is 0 Å². The van der Waals surface area contributed by atoms with E-state index < -0.39 is 11.4 Å². The summed E-state index contributed by atoms with van der Waals surface area (Å²) < 4.78 is 11.4. The summed E-state index contributed by atoms with van der Waals surface area (Å²) in [7, 11) is 0. The van der Waals surface area contributed by atoms with E-state index in [1.54, 1.807) is 0 Å². The molecule has 4 nitrogen and oxygen atoms in total. The van der Waals surface area contributed by atoms with Gasteiger partial charge in [0.05, 0.1) is 6.10 Å². The Morgan fingerprint density at radius 3 is 2.47 bits per heavy atom. The molecular weight excluding hydrogens is 244 g/mol. The lowest BCUT2D eigenvalue weighted by Crippen LogP contribution is -2.50. The number of rotatable bonds is 7. The van der Waals surface area contributed by atoms with Crippen molar-refractivity contribution < 1.29 is 19.4 Å². The van der Waals surface area contributed by atoms with Gasteiger partial charge < -0.3 is 14.6 Å². The Labute approximate surface area is 114 Å². The van der Waals surface area contributed by atoms with Crippen molar-refractivity contribution in [2.45, 2.75) is 76.8 Å². The molecule has 0 aromatic heterocycles. The molecule has 0 amide bonds. The fraction of sp³-hybridized carbons (Fsp3) is 0.933. The number of carboxylic acid groups (broad SMARTS) is 1. The normalized spacial score (nSPS) is 46.3. The van der Waals surface area contributed by atoms with Gasteiger partial charge in [-0.2, -0.15) is 0 Å². The number of hydrogen-bond acceptors (Lipinski definition) is 3. The lowest BCUT2D eigenvalue weighted by Gasteiger charge is -2.37. The number of carbonyl (C=O) groups is 1. The first-order valence-corrected chi connectivity index (χ1v) is 7.71. The predicted octanol–water partition coefficient (Wildman–Crippen LogP) is 2.60. The maximum absolute atomic E-state index is 12.0. The molecule has 1 aliphatic carbocycles. The SMILES string of the molecule is CCCCC1C2OC2C2OC2C1(CCCC)C(=O)O. The van der Waals surface area contributed by atoms with Crippen LogP contribution in [0.3, 0.4) is 0 Å². The van der Waals surface area contributed by atoms with E-state index in [0.29, 0.717) is 0 Å². The molecule has 0 aromatic rings. The van der Waals surface area contributed by atoms with Crippen molar-refractivity contribution in [3.8, 4) is 0 Å². The van der Waals surface area contributed by atoms with Gasteiger partial charge in [0.2, 0.25) is 0 Å². The molecule has 1 saturated carbocycles. The minimum atomic E-state index is -0.687. The zero-order valence-electron chi connectivity index (χ0n) is 11.8. The van der Waals surface area contributed by atoms with Crippen molar-refractivity contribution in [3.05, 3.63) is 0 Å². The fourth-order valence-corrected chi connectivity index (χ4v) is 4.05. The highest BCUT2D eigenvalue weighted by Gasteiger charge is 2.76. The first-order valence-electron chi connectivity index (χ1n) is 7.71. The van der Waals surface area contributed by atoms with Gasteiger partial charge >= 0.3 is 5.97 Å². The van der Waals surface area contributed by atoms with Crippen LogP contribution in [0.5, 0.6) is 0 Å². The number of aliphatic carboxylic acids is 1. The summed E-state index contributed by atoms with van der Waals surface area (Å²) in [5.74, 6) is -0.520. The molecule has 0 aromatic carbocycles. The number of epoxide rings is 2. The fourth-order valence-electron chi connectivity index (χ4n) is 4.05. The highest BCUT2D eigenvalue weighted by molar-refractivity contribution is 5.77. The van der Waals surface area contributed by atoms with Gasteiger partial charge in [-0.15, -0.1) is 0 Å². The Bertz CT molecular complexity index is 369. The molecule has 6 atom stereocenters. The molecule has 1 N–H and O–H groups in total. The molecule has 0 spiro atoms. The third-order valence-corrected chi connectivity index (χ3v) is 5.19. The maximum atomic E-state index is 12.0. The van der Waals surface area contributed by atoms with Crippen molar-refractivity contribution in [1.82, 2.24) is 0 Å². The maximum Gasteiger partial charge on any atom is 0.312 e. The molecule has 6 unspecified atom stereocenters. The number of fused-ring (bicyclic) bond motifs is 3. The zero-order chi connectivity index (χ0) is 13.6. The highest BCUT2D eigenvalue weighted by atomic mass is 16.7. The van der Waals surface area contributed by atoms with Crippen LogP contribution in [0.4, 0.5) is 0 Å². The third-order valence-electron chi connectivity index (χ3n) is 5.19. The van der Waals surface area contributed by atoms with Crippen LogP contribution in [-0.4, -0.2) is 35.5 Å². The Morgan fingerprint density at radius 1 is 1.11 bits per heavy atom. The number of ether oxygens (including phenoxy) is 2. The summed E-state index contributed by atoms with van der Waals surface area (Å²) in [5.41, 5.74) is -0.687. The van der Waals surface area contributed by atoms with E-state index in [1.807, 2.05) is 0 Å². The molecule has 2 heterocycles. The van der Waals surface area contributed by atoms with Crippen LogP contribution in [0.2, 0.25) is 0 Å². The molecule has 0 bridgehead atoms. The van der Waals surface area contributed by atoms with Gasteiger partial charge in [-0.25, -0.2) is 0 Å². The Balaban J connectivity index is 1.85. The second-order valence-electron chi connectivity index (χ2n) is 6.28. The summed E-state index contributed by atoms with van der Waals surface area (Å²) in [6.45, 7) is 4.26. The van der Waals surface area contributed by atoms with Crippen LogP contribution >= 0.6 is 0 Å². The summed E-state index contributed by atoms with van der Waals surface area (Å²) in [4.78, 5) is 12.0. The summed E-state index contributed by atoms with van der Waals surface area (Å²) in [5, 5.41) is 9.88. The first-order chi connectivity index (χ1) is 9.16. The van der Waals surface area contributed by atoms with E-state index in [4.69, 9.17) is 9.47 Å². The van der Waals surface area contributed by atoms with E-state index in [0.717, 1.165) is 38.5 Å². The Morgan fingerprint density at radius 2 is 1.84 bits per heavy atom. The topological polar surface area (TPSA) is 62.4 Å². The first kappa shape index (κ1) is 13.4. The van der Waals surface area contributed by atoms with E-state index in [2.05, 4.69) is 13.8 Å². The van der Waals surface area contributed by atoms with Crippen LogP contribution in [0, 0.1) is 11.3 Å². The third kappa shape index (κ3) is 1.91. The lowest BCUT2D eigenvalue weighted by atomic mass is 9.62. The van der Waals surface area contributed by atoms with Gasteiger partial charge in [0, 0.05) is 5.92 Å². The number of hydrogen-bond donors (Lipinski definition) is 1. The lowest BCUT2D eigenvalue weighted by molar-refractivity contribution is -0.156. The zero-order valence-corrected chi connectivity index (χ0v) is 11.8. The molecule has 2 aliphatic heterocycles. The van der Waals surface area contributed by atoms with Crippen LogP contribution in [0.25, 0.3) is 0 Å². The van der Waals surface area contributed by atoms with Crippen molar-refractivity contribution in [1.29, 1.82) is 0 Å². The van der Waals surface area contributed by atoms with Crippen LogP contribution in [0.1, 0.15) is 52.4 Å². The molecule has 4 heteroatoms. The molecule has 0 radical (unpaired) electrons. The van der Waals surface area contributed by atoms with Gasteiger partial charge in [-0.1, -0.05) is 39.5 Å². The van der Waals surface area contributed by atoms with Gasteiger partial charge in [0.1, 0.15) is 23.7 Å². The van der Waals surface area contributed by atoms with E-state index in [9.17, 15) is 9.90 Å². The predicted molar refractivity (Wildman–Crippen MR) is 69.9 cm³/mol. The Kier molecular flexibility index (Phi) is 3.34. The van der Waals surface area contributed by atoms with Gasteiger partial charge in [-0.05, 0) is 12.8 Å². The standard InChI is InChI=1S/C15H24O4/c1-3-5-7-9-10-11(18-10)12-13(19-12)15(9,14(16)17)8-6-4-2/h9-13H,3-8H2,1-2H3,(H,16,17). The van der Waals surface area contributed by atoms with Crippen molar-refractivity contribution in [2.24, 2.45) is 11.3 Å². The Hall–Kier alpha value is -0.610. The average Bonchev–Trinajstić information content (AvgIpc) is 3.24. The van der Waals surface area contributed by atoms with Gasteiger partial charge in [0.15, 0.2) is 0 Å². The molecule has 2 saturated heterocycles. The minimum Gasteiger partial charge on any atom is -0.481 e. The number of carboxylic acids is 1. The molecule has 3 rings (SSSR count). The molecular formula is C15H24O4. The van der Waals surface area contributed by atoms with Crippen LogP contribution < -0.4 is 0 Å². The van der Waals surface area contributed by atoms with Crippen LogP contribution in [0.15, 0.2) is 0 Å². The summed E-state index contributed by atoms with van der Waals surface area (Å²) in [6.07, 6.45) is 6.17. The molecule has 3 aliphatic rings. The monoisotopic (exact) mass is 268 g/mol. The van der Waals surface area contributed by atoms with Gasteiger partial charge in [0.25, 0.3) is 0 Å². The number of unbranched alkanes of at least 4 members (excludes halogenated alkanes) is 2. The van der Waals surface area contributed by atoms with Crippen molar-refractivity contribution in [2.75, 3.05) is 0 Å². The second-order valence-corrected chi connectivity index (χ2v) is 6.28. The average molecular weight is 268 g/mol. The van der Waals surface area contributed by atoms with Crippen molar-refractivity contribution >= 4 is 5.97 Å². The largest absolute Gasteiger partial charge is 0.481 e. The minimum absolute atomic E-state index is 0.0656. The van der Waals surface area contributed by atoms with Crippen molar-refractivity contribution in [3.63, 3.8) is 0 Å². The van der Waals surface area contributed by atoms with E-state index in [-0.39, 0.29) is 30.3 Å². The van der Waals surface area contributed by atoms with Gasteiger partial charge in [-0.3, -0.25) is 4.79 Å². The second kappa shape index (κ2) is 4.74. The smallest absolute Gasteiger partial charge is 0.312 e. The molecule has 3 fully saturated rings. The van der Waals surface area contributed by atoms with Crippen LogP contribution in [-0.2, 0) is 14.3 Å². The highest BCUT2D eigenvalue weighted by Crippen LogP contribution is 2.62. The quantitative estimate of drug-likeness (QED) is 0.721. The van der Waals surface area contributed by atoms with E-state index >= 15 is 0 Å². The molecule has 108 valence electrons. The molecule has 19 heavy (non-hydrogen) atoms.